The Kier molecular flexibility index (Phi) is 3.55. The molecule has 3 N–H and O–H groups in total. The SMILES string of the molecule is CC(CN)S(=O)(=O)NC1(C)CCCC1. The van der Waals surface area contributed by atoms with Crippen molar-refractivity contribution in [3.05, 3.63) is 0 Å². The second kappa shape index (κ2) is 4.16. The summed E-state index contributed by atoms with van der Waals surface area (Å²) in [4.78, 5) is 0. The minimum Gasteiger partial charge on any atom is -0.329 e. The maximum absolute atomic E-state index is 11.7. The van der Waals surface area contributed by atoms with Crippen molar-refractivity contribution in [2.24, 2.45) is 5.73 Å². The molecular formula is C9H20N2O2S. The van der Waals surface area contributed by atoms with Gasteiger partial charge in [-0.3, -0.25) is 0 Å². The Morgan fingerprint density at radius 3 is 2.36 bits per heavy atom. The molecule has 0 aromatic heterocycles. The third kappa shape index (κ3) is 2.68. The highest BCUT2D eigenvalue weighted by atomic mass is 32.2. The van der Waals surface area contributed by atoms with Gasteiger partial charge in [-0.1, -0.05) is 12.8 Å². The molecule has 1 saturated carbocycles. The summed E-state index contributed by atoms with van der Waals surface area (Å²) >= 11 is 0. The molecule has 0 bridgehead atoms. The quantitative estimate of drug-likeness (QED) is 0.728. The fourth-order valence-corrected chi connectivity index (χ4v) is 3.17. The van der Waals surface area contributed by atoms with E-state index in [2.05, 4.69) is 4.72 Å². The molecule has 1 fully saturated rings. The van der Waals surface area contributed by atoms with E-state index in [-0.39, 0.29) is 12.1 Å². The van der Waals surface area contributed by atoms with Gasteiger partial charge >= 0.3 is 0 Å². The summed E-state index contributed by atoms with van der Waals surface area (Å²) in [6.45, 7) is 3.78. The summed E-state index contributed by atoms with van der Waals surface area (Å²) in [6.07, 6.45) is 4.08. The van der Waals surface area contributed by atoms with E-state index < -0.39 is 15.3 Å². The first kappa shape index (κ1) is 11.9. The zero-order valence-electron chi connectivity index (χ0n) is 8.91. The monoisotopic (exact) mass is 220 g/mol. The van der Waals surface area contributed by atoms with Crippen LogP contribution in [0.1, 0.15) is 39.5 Å². The van der Waals surface area contributed by atoms with Gasteiger partial charge in [0.2, 0.25) is 10.0 Å². The number of sulfonamides is 1. The topological polar surface area (TPSA) is 72.2 Å². The second-order valence-electron chi connectivity index (χ2n) is 4.46. The highest BCUT2D eigenvalue weighted by Crippen LogP contribution is 2.29. The molecule has 1 aliphatic carbocycles. The smallest absolute Gasteiger partial charge is 0.215 e. The van der Waals surface area contributed by atoms with Crippen LogP contribution in [0.4, 0.5) is 0 Å². The second-order valence-corrected chi connectivity index (χ2v) is 6.56. The predicted molar refractivity (Wildman–Crippen MR) is 57.4 cm³/mol. The molecule has 1 rings (SSSR count). The van der Waals surface area contributed by atoms with Gasteiger partial charge in [-0.15, -0.1) is 0 Å². The molecule has 1 unspecified atom stereocenters. The fourth-order valence-electron chi connectivity index (χ4n) is 1.83. The minimum absolute atomic E-state index is 0.172. The maximum Gasteiger partial charge on any atom is 0.215 e. The van der Waals surface area contributed by atoms with E-state index in [1.54, 1.807) is 6.92 Å². The molecule has 4 nitrogen and oxygen atoms in total. The van der Waals surface area contributed by atoms with E-state index in [9.17, 15) is 8.42 Å². The first-order valence-corrected chi connectivity index (χ1v) is 6.67. The van der Waals surface area contributed by atoms with Crippen LogP contribution in [0.3, 0.4) is 0 Å². The molecule has 0 aromatic rings. The van der Waals surface area contributed by atoms with Gasteiger partial charge in [0.1, 0.15) is 0 Å². The van der Waals surface area contributed by atoms with Crippen molar-refractivity contribution < 1.29 is 8.42 Å². The number of rotatable bonds is 4. The van der Waals surface area contributed by atoms with Gasteiger partial charge in [0.15, 0.2) is 0 Å². The fraction of sp³-hybridized carbons (Fsp3) is 1.00. The molecular weight excluding hydrogens is 200 g/mol. The third-order valence-electron chi connectivity index (χ3n) is 2.96. The van der Waals surface area contributed by atoms with Crippen molar-refractivity contribution in [2.75, 3.05) is 6.54 Å². The van der Waals surface area contributed by atoms with Crippen LogP contribution >= 0.6 is 0 Å². The van der Waals surface area contributed by atoms with E-state index in [0.717, 1.165) is 25.7 Å². The molecule has 0 aliphatic heterocycles. The zero-order chi connectivity index (χ0) is 10.8. The van der Waals surface area contributed by atoms with Crippen LogP contribution in [0.15, 0.2) is 0 Å². The number of nitrogens with two attached hydrogens (primary N) is 1. The Morgan fingerprint density at radius 1 is 1.43 bits per heavy atom. The molecule has 0 radical (unpaired) electrons. The molecule has 1 aliphatic rings. The molecule has 0 saturated heterocycles. The van der Waals surface area contributed by atoms with Gasteiger partial charge in [0, 0.05) is 12.1 Å². The van der Waals surface area contributed by atoms with Gasteiger partial charge in [0.05, 0.1) is 5.25 Å². The highest BCUT2D eigenvalue weighted by molar-refractivity contribution is 7.90. The lowest BCUT2D eigenvalue weighted by Crippen LogP contribution is -2.48. The lowest BCUT2D eigenvalue weighted by atomic mass is 10.0. The average molecular weight is 220 g/mol. The van der Waals surface area contributed by atoms with E-state index in [1.807, 2.05) is 6.92 Å². The van der Waals surface area contributed by atoms with Crippen molar-refractivity contribution in [2.45, 2.75) is 50.3 Å². The van der Waals surface area contributed by atoms with Crippen molar-refractivity contribution >= 4 is 10.0 Å². The summed E-state index contributed by atoms with van der Waals surface area (Å²) in [5, 5.41) is -0.500. The third-order valence-corrected chi connectivity index (χ3v) is 4.99. The Balaban J connectivity index is 2.67. The van der Waals surface area contributed by atoms with Crippen molar-refractivity contribution in [1.82, 2.24) is 4.72 Å². The number of nitrogens with one attached hydrogen (secondary N) is 1. The van der Waals surface area contributed by atoms with Gasteiger partial charge < -0.3 is 5.73 Å². The average Bonchev–Trinajstić information content (AvgIpc) is 2.49. The first-order valence-electron chi connectivity index (χ1n) is 5.12. The molecule has 0 aromatic carbocycles. The molecule has 0 heterocycles. The summed E-state index contributed by atoms with van der Waals surface area (Å²) in [5.74, 6) is 0. The molecule has 14 heavy (non-hydrogen) atoms. The van der Waals surface area contributed by atoms with Crippen LogP contribution < -0.4 is 10.5 Å². The molecule has 1 atom stereocenters. The summed E-state index contributed by atoms with van der Waals surface area (Å²) in [6, 6.07) is 0. The zero-order valence-corrected chi connectivity index (χ0v) is 9.73. The largest absolute Gasteiger partial charge is 0.329 e. The van der Waals surface area contributed by atoms with Crippen molar-refractivity contribution in [1.29, 1.82) is 0 Å². The number of hydrogen-bond donors (Lipinski definition) is 2. The van der Waals surface area contributed by atoms with Gasteiger partial charge in [0.25, 0.3) is 0 Å². The summed E-state index contributed by atoms with van der Waals surface area (Å²) < 4.78 is 26.2. The lowest BCUT2D eigenvalue weighted by Gasteiger charge is -2.26. The van der Waals surface area contributed by atoms with Crippen LogP contribution in [-0.2, 0) is 10.0 Å². The van der Waals surface area contributed by atoms with E-state index in [0.29, 0.717) is 0 Å². The standard InChI is InChI=1S/C9H20N2O2S/c1-8(7-10)14(12,13)11-9(2)5-3-4-6-9/h8,11H,3-7,10H2,1-2H3. The van der Waals surface area contributed by atoms with Crippen molar-refractivity contribution in [3.8, 4) is 0 Å². The maximum atomic E-state index is 11.7. The van der Waals surface area contributed by atoms with Crippen LogP contribution in [-0.4, -0.2) is 25.8 Å². The van der Waals surface area contributed by atoms with E-state index >= 15 is 0 Å². The minimum atomic E-state index is -3.23. The van der Waals surface area contributed by atoms with Crippen LogP contribution in [0.2, 0.25) is 0 Å². The number of hydrogen-bond acceptors (Lipinski definition) is 3. The highest BCUT2D eigenvalue weighted by Gasteiger charge is 2.34. The first-order chi connectivity index (χ1) is 6.40. The van der Waals surface area contributed by atoms with E-state index in [1.165, 1.54) is 0 Å². The van der Waals surface area contributed by atoms with Crippen LogP contribution in [0.25, 0.3) is 0 Å². The normalized spacial score (nSPS) is 23.6. The molecule has 5 heteroatoms. The predicted octanol–water partition coefficient (Wildman–Crippen LogP) is 0.586. The van der Waals surface area contributed by atoms with Gasteiger partial charge in [-0.25, -0.2) is 13.1 Å². The molecule has 84 valence electrons. The summed E-state index contributed by atoms with van der Waals surface area (Å²) in [7, 11) is -3.23. The van der Waals surface area contributed by atoms with Crippen LogP contribution in [0.5, 0.6) is 0 Å². The molecule has 0 spiro atoms. The Hall–Kier alpha value is -0.130. The Morgan fingerprint density at radius 2 is 1.93 bits per heavy atom. The van der Waals surface area contributed by atoms with E-state index in [4.69, 9.17) is 5.73 Å². The van der Waals surface area contributed by atoms with Crippen molar-refractivity contribution in [3.63, 3.8) is 0 Å². The van der Waals surface area contributed by atoms with Gasteiger partial charge in [-0.05, 0) is 26.7 Å². The lowest BCUT2D eigenvalue weighted by molar-refractivity contribution is 0.424. The van der Waals surface area contributed by atoms with Gasteiger partial charge in [-0.2, -0.15) is 0 Å². The summed E-state index contributed by atoms with van der Waals surface area (Å²) in [5.41, 5.74) is 5.12. The Labute approximate surface area is 86.3 Å². The molecule has 0 amide bonds. The Bertz CT molecular complexity index is 281. The van der Waals surface area contributed by atoms with Crippen LogP contribution in [0, 0.1) is 0 Å².